The van der Waals surface area contributed by atoms with Gasteiger partial charge in [-0.15, -0.1) is 0 Å². The summed E-state index contributed by atoms with van der Waals surface area (Å²) in [5.41, 5.74) is 3.74. The second kappa shape index (κ2) is 7.45. The van der Waals surface area contributed by atoms with Crippen LogP contribution in [0.2, 0.25) is 0 Å². The van der Waals surface area contributed by atoms with E-state index in [0.29, 0.717) is 23.6 Å². The Kier molecular flexibility index (Phi) is 5.08. The average molecular weight is 412 g/mol. The number of rotatable bonds is 5. The second-order valence-electron chi connectivity index (χ2n) is 9.51. The average Bonchev–Trinajstić information content (AvgIpc) is 3.08. The van der Waals surface area contributed by atoms with Gasteiger partial charge in [0.05, 0.1) is 11.4 Å². The van der Waals surface area contributed by atoms with Gasteiger partial charge in [0.15, 0.2) is 0 Å². The standard InChI is InChI=1S/C23H27F2N5/c1-22(2)8-7-15-17(12-22)29-30-20(15)14-10-18(25)28-19(11-14)27-13-23(3,4)21-16(24)6-5-9-26-21/h5-6,9-11H,7-8,12-13H2,1-4H3,(H,27,28)(H,29,30). The Morgan fingerprint density at radius 1 is 1.23 bits per heavy atom. The smallest absolute Gasteiger partial charge is 0.215 e. The maximum absolute atomic E-state index is 14.3. The van der Waals surface area contributed by atoms with Crippen LogP contribution in [0.5, 0.6) is 0 Å². The zero-order chi connectivity index (χ0) is 21.5. The number of nitrogens with zero attached hydrogens (tertiary/aromatic N) is 3. The Bertz CT molecular complexity index is 1070. The first kappa shape index (κ1) is 20.4. The number of anilines is 1. The third-order valence-electron chi connectivity index (χ3n) is 5.84. The maximum Gasteiger partial charge on any atom is 0.215 e. The van der Waals surface area contributed by atoms with E-state index in [1.165, 1.54) is 12.1 Å². The Morgan fingerprint density at radius 3 is 2.80 bits per heavy atom. The van der Waals surface area contributed by atoms with Gasteiger partial charge in [0, 0.05) is 41.0 Å². The summed E-state index contributed by atoms with van der Waals surface area (Å²) in [6.07, 6.45) is 4.47. The number of aromatic nitrogens is 4. The molecule has 0 bridgehead atoms. The lowest BCUT2D eigenvalue weighted by molar-refractivity contribution is 0.312. The predicted octanol–water partition coefficient (Wildman–Crippen LogP) is 5.05. The summed E-state index contributed by atoms with van der Waals surface area (Å²) >= 11 is 0. The molecule has 0 spiro atoms. The number of H-pyrrole nitrogens is 1. The van der Waals surface area contributed by atoms with Crippen molar-refractivity contribution in [2.75, 3.05) is 11.9 Å². The summed E-state index contributed by atoms with van der Waals surface area (Å²) in [7, 11) is 0. The summed E-state index contributed by atoms with van der Waals surface area (Å²) in [6.45, 7) is 8.62. The first-order chi connectivity index (χ1) is 14.1. The number of nitrogens with one attached hydrogen (secondary N) is 2. The molecule has 0 atom stereocenters. The van der Waals surface area contributed by atoms with Crippen molar-refractivity contribution in [2.45, 2.75) is 52.4 Å². The number of fused-ring (bicyclic) bond motifs is 1. The topological polar surface area (TPSA) is 66.5 Å². The molecule has 7 heteroatoms. The minimum atomic E-state index is -0.601. The van der Waals surface area contributed by atoms with Gasteiger partial charge in [-0.2, -0.15) is 9.49 Å². The van der Waals surface area contributed by atoms with Crippen molar-refractivity contribution in [3.63, 3.8) is 0 Å². The summed E-state index contributed by atoms with van der Waals surface area (Å²) in [5.74, 6) is -0.546. The SMILES string of the molecule is CC1(C)CCc2c(-c3cc(F)nc(NCC(C)(C)c4ncccc4F)c3)n[nH]c2C1. The molecule has 30 heavy (non-hydrogen) atoms. The highest BCUT2D eigenvalue weighted by Gasteiger charge is 2.30. The Morgan fingerprint density at radius 2 is 2.03 bits per heavy atom. The number of hydrogen-bond acceptors (Lipinski definition) is 4. The molecular weight excluding hydrogens is 384 g/mol. The second-order valence-corrected chi connectivity index (χ2v) is 9.51. The summed E-state index contributed by atoms with van der Waals surface area (Å²) in [5, 5.41) is 10.8. The molecule has 1 aliphatic rings. The molecule has 0 radical (unpaired) electrons. The predicted molar refractivity (Wildman–Crippen MR) is 113 cm³/mol. The molecule has 3 aromatic heterocycles. The van der Waals surface area contributed by atoms with Crippen LogP contribution < -0.4 is 5.32 Å². The maximum atomic E-state index is 14.3. The zero-order valence-electron chi connectivity index (χ0n) is 17.8. The molecule has 0 fully saturated rings. The number of aromatic amines is 1. The lowest BCUT2D eigenvalue weighted by atomic mass is 9.76. The third-order valence-corrected chi connectivity index (χ3v) is 5.84. The normalized spacial score (nSPS) is 15.7. The van der Waals surface area contributed by atoms with Crippen LogP contribution >= 0.6 is 0 Å². The molecule has 158 valence electrons. The van der Waals surface area contributed by atoms with Crippen LogP contribution in [-0.2, 0) is 18.3 Å². The van der Waals surface area contributed by atoms with E-state index in [4.69, 9.17) is 0 Å². The molecule has 4 rings (SSSR count). The number of hydrogen-bond donors (Lipinski definition) is 2. The van der Waals surface area contributed by atoms with Crippen LogP contribution in [0.3, 0.4) is 0 Å². The van der Waals surface area contributed by atoms with Gasteiger partial charge >= 0.3 is 0 Å². The van der Waals surface area contributed by atoms with E-state index in [2.05, 4.69) is 39.3 Å². The van der Waals surface area contributed by atoms with Gasteiger partial charge in [0.25, 0.3) is 0 Å². The molecule has 0 aliphatic heterocycles. The van der Waals surface area contributed by atoms with Gasteiger partial charge in [-0.3, -0.25) is 10.1 Å². The highest BCUT2D eigenvalue weighted by molar-refractivity contribution is 5.67. The van der Waals surface area contributed by atoms with Crippen molar-refractivity contribution in [1.29, 1.82) is 0 Å². The van der Waals surface area contributed by atoms with Gasteiger partial charge in [-0.25, -0.2) is 9.37 Å². The van der Waals surface area contributed by atoms with Crippen LogP contribution in [-0.4, -0.2) is 26.7 Å². The molecule has 3 aromatic rings. The Hall–Kier alpha value is -2.83. The summed E-state index contributed by atoms with van der Waals surface area (Å²) in [6, 6.07) is 6.16. The molecule has 1 aliphatic carbocycles. The van der Waals surface area contributed by atoms with Crippen LogP contribution in [0.4, 0.5) is 14.6 Å². The summed E-state index contributed by atoms with van der Waals surface area (Å²) < 4.78 is 28.5. The molecule has 0 saturated heterocycles. The van der Waals surface area contributed by atoms with Crippen molar-refractivity contribution in [3.05, 3.63) is 59.2 Å². The van der Waals surface area contributed by atoms with Gasteiger partial charge in [0.2, 0.25) is 5.95 Å². The number of halogens is 2. The van der Waals surface area contributed by atoms with Crippen LogP contribution in [0.25, 0.3) is 11.3 Å². The molecule has 0 unspecified atom stereocenters. The van der Waals surface area contributed by atoms with Crippen molar-refractivity contribution in [2.24, 2.45) is 5.41 Å². The molecule has 0 amide bonds. The van der Waals surface area contributed by atoms with Crippen LogP contribution in [0.15, 0.2) is 30.5 Å². The molecule has 3 heterocycles. The van der Waals surface area contributed by atoms with Gasteiger partial charge in [0.1, 0.15) is 11.6 Å². The van der Waals surface area contributed by atoms with E-state index < -0.39 is 11.4 Å². The minimum absolute atomic E-state index is 0.235. The Balaban J connectivity index is 1.58. The van der Waals surface area contributed by atoms with Crippen LogP contribution in [0, 0.1) is 17.2 Å². The monoisotopic (exact) mass is 411 g/mol. The third kappa shape index (κ3) is 4.06. The van der Waals surface area contributed by atoms with Gasteiger partial charge in [-0.05, 0) is 42.9 Å². The largest absolute Gasteiger partial charge is 0.369 e. The highest BCUT2D eigenvalue weighted by atomic mass is 19.1. The van der Waals surface area contributed by atoms with E-state index in [0.717, 1.165) is 36.2 Å². The molecule has 0 saturated carbocycles. The van der Waals surface area contributed by atoms with E-state index >= 15 is 0 Å². The van der Waals surface area contributed by atoms with Crippen molar-refractivity contribution < 1.29 is 8.78 Å². The van der Waals surface area contributed by atoms with E-state index in [9.17, 15) is 8.78 Å². The van der Waals surface area contributed by atoms with E-state index in [1.54, 1.807) is 18.3 Å². The van der Waals surface area contributed by atoms with E-state index in [1.807, 2.05) is 13.8 Å². The first-order valence-corrected chi connectivity index (χ1v) is 10.2. The van der Waals surface area contributed by atoms with Gasteiger partial charge in [-0.1, -0.05) is 27.7 Å². The van der Waals surface area contributed by atoms with E-state index in [-0.39, 0.29) is 11.2 Å². The highest BCUT2D eigenvalue weighted by Crippen LogP contribution is 2.38. The fraction of sp³-hybridized carbons (Fsp3) is 0.435. The fourth-order valence-corrected chi connectivity index (χ4v) is 4.09. The lowest BCUT2D eigenvalue weighted by Crippen LogP contribution is -2.30. The Labute approximate surface area is 175 Å². The van der Waals surface area contributed by atoms with Crippen LogP contribution in [0.1, 0.15) is 51.1 Å². The van der Waals surface area contributed by atoms with Crippen molar-refractivity contribution in [1.82, 2.24) is 20.2 Å². The molecular formula is C23H27F2N5. The quantitative estimate of drug-likeness (QED) is 0.577. The number of pyridine rings is 2. The zero-order valence-corrected chi connectivity index (χ0v) is 17.8. The molecule has 0 aromatic carbocycles. The fourth-order valence-electron chi connectivity index (χ4n) is 4.09. The molecule has 2 N–H and O–H groups in total. The van der Waals surface area contributed by atoms with Crippen molar-refractivity contribution >= 4 is 5.82 Å². The lowest BCUT2D eigenvalue weighted by Gasteiger charge is -2.29. The first-order valence-electron chi connectivity index (χ1n) is 10.2. The minimum Gasteiger partial charge on any atom is -0.369 e. The summed E-state index contributed by atoms with van der Waals surface area (Å²) in [4.78, 5) is 8.14. The van der Waals surface area contributed by atoms with Crippen molar-refractivity contribution in [3.8, 4) is 11.3 Å². The molecule has 5 nitrogen and oxygen atoms in total. The van der Waals surface area contributed by atoms with Gasteiger partial charge < -0.3 is 5.32 Å².